The zero-order valence-corrected chi connectivity index (χ0v) is 12.6. The van der Waals surface area contributed by atoms with Crippen LogP contribution in [0.15, 0.2) is 53.4 Å². The van der Waals surface area contributed by atoms with Gasteiger partial charge in [-0.05, 0) is 37.3 Å². The number of aromatic nitrogens is 2. The summed E-state index contributed by atoms with van der Waals surface area (Å²) >= 11 is 0. The summed E-state index contributed by atoms with van der Waals surface area (Å²) in [7, 11) is -1.64. The van der Waals surface area contributed by atoms with Crippen LogP contribution in [0.2, 0.25) is 0 Å². The number of rotatable bonds is 3. The molecular formula is C15H15N3O2S. The van der Waals surface area contributed by atoms with Gasteiger partial charge in [0.2, 0.25) is 0 Å². The van der Waals surface area contributed by atoms with Crippen LogP contribution < -0.4 is 4.72 Å². The molecule has 1 N–H and O–H groups in total. The molecule has 0 bridgehead atoms. The minimum atomic E-state index is -3.57. The number of sulfonamides is 1. The Bertz CT molecular complexity index is 899. The minimum Gasteiger partial charge on any atom is -0.331 e. The lowest BCUT2D eigenvalue weighted by Crippen LogP contribution is -2.12. The molecule has 0 fully saturated rings. The highest BCUT2D eigenvalue weighted by Gasteiger charge is 2.14. The largest absolute Gasteiger partial charge is 0.331 e. The topological polar surface area (TPSA) is 64.0 Å². The molecule has 1 heterocycles. The van der Waals surface area contributed by atoms with E-state index in [-0.39, 0.29) is 4.90 Å². The molecule has 0 aliphatic carbocycles. The smallest absolute Gasteiger partial charge is 0.261 e. The standard InChI is InChI=1S/C15H15N3O2S/c1-11-16-14-10-12(8-9-15(14)18(11)2)17-21(19,20)13-6-4-3-5-7-13/h3-10,17H,1-2H3. The average Bonchev–Trinajstić information content (AvgIpc) is 2.74. The SMILES string of the molecule is Cc1nc2cc(NS(=O)(=O)c3ccccc3)ccc2n1C. The van der Waals surface area contributed by atoms with Crippen molar-refractivity contribution in [2.24, 2.45) is 7.05 Å². The third-order valence-corrected chi connectivity index (χ3v) is 4.81. The first kappa shape index (κ1) is 13.6. The molecule has 0 radical (unpaired) electrons. The van der Waals surface area contributed by atoms with Gasteiger partial charge in [-0.3, -0.25) is 4.72 Å². The lowest BCUT2D eigenvalue weighted by molar-refractivity contribution is 0.601. The van der Waals surface area contributed by atoms with Gasteiger partial charge in [0.1, 0.15) is 5.82 Å². The van der Waals surface area contributed by atoms with E-state index in [4.69, 9.17) is 0 Å². The fraction of sp³-hybridized carbons (Fsp3) is 0.133. The number of fused-ring (bicyclic) bond motifs is 1. The molecule has 5 nitrogen and oxygen atoms in total. The molecule has 3 rings (SSSR count). The van der Waals surface area contributed by atoms with Gasteiger partial charge in [-0.15, -0.1) is 0 Å². The maximum atomic E-state index is 12.3. The molecule has 0 unspecified atom stereocenters. The second kappa shape index (κ2) is 4.89. The van der Waals surface area contributed by atoms with Gasteiger partial charge < -0.3 is 4.57 Å². The number of anilines is 1. The Labute approximate surface area is 123 Å². The zero-order chi connectivity index (χ0) is 15.0. The summed E-state index contributed by atoms with van der Waals surface area (Å²) in [5, 5.41) is 0. The number of hydrogen-bond donors (Lipinski definition) is 1. The summed E-state index contributed by atoms with van der Waals surface area (Å²) in [5.41, 5.74) is 2.24. The average molecular weight is 301 g/mol. The van der Waals surface area contributed by atoms with Crippen LogP contribution in [-0.4, -0.2) is 18.0 Å². The molecule has 21 heavy (non-hydrogen) atoms. The van der Waals surface area contributed by atoms with Crippen molar-refractivity contribution in [1.82, 2.24) is 9.55 Å². The lowest BCUT2D eigenvalue weighted by Gasteiger charge is -2.08. The van der Waals surface area contributed by atoms with Crippen LogP contribution in [0.3, 0.4) is 0 Å². The first-order chi connectivity index (χ1) is 9.97. The van der Waals surface area contributed by atoms with Crippen LogP contribution in [0, 0.1) is 6.92 Å². The van der Waals surface area contributed by atoms with E-state index in [0.29, 0.717) is 5.69 Å². The lowest BCUT2D eigenvalue weighted by atomic mass is 10.3. The van der Waals surface area contributed by atoms with Gasteiger partial charge in [-0.2, -0.15) is 0 Å². The van der Waals surface area contributed by atoms with Crippen molar-refractivity contribution in [2.45, 2.75) is 11.8 Å². The van der Waals surface area contributed by atoms with Crippen molar-refractivity contribution in [3.8, 4) is 0 Å². The van der Waals surface area contributed by atoms with Crippen LogP contribution >= 0.6 is 0 Å². The number of imidazole rings is 1. The normalized spacial score (nSPS) is 11.7. The van der Waals surface area contributed by atoms with E-state index in [2.05, 4.69) is 9.71 Å². The Morgan fingerprint density at radius 3 is 2.52 bits per heavy atom. The number of nitrogens with one attached hydrogen (secondary N) is 1. The molecule has 0 atom stereocenters. The van der Waals surface area contributed by atoms with Gasteiger partial charge in [-0.1, -0.05) is 18.2 Å². The van der Waals surface area contributed by atoms with E-state index in [0.717, 1.165) is 16.9 Å². The van der Waals surface area contributed by atoms with Crippen molar-refractivity contribution in [2.75, 3.05) is 4.72 Å². The number of hydrogen-bond acceptors (Lipinski definition) is 3. The van der Waals surface area contributed by atoms with E-state index in [1.54, 1.807) is 42.5 Å². The minimum absolute atomic E-state index is 0.238. The molecular weight excluding hydrogens is 286 g/mol. The summed E-state index contributed by atoms with van der Waals surface area (Å²) in [5.74, 6) is 0.882. The predicted octanol–water partition coefficient (Wildman–Crippen LogP) is 2.68. The first-order valence-electron chi connectivity index (χ1n) is 6.48. The predicted molar refractivity (Wildman–Crippen MR) is 82.7 cm³/mol. The Balaban J connectivity index is 1.99. The molecule has 3 aromatic rings. The molecule has 1 aromatic heterocycles. The van der Waals surface area contributed by atoms with Gasteiger partial charge in [0.15, 0.2) is 0 Å². The van der Waals surface area contributed by atoms with Gasteiger partial charge in [0.05, 0.1) is 21.6 Å². The second-order valence-electron chi connectivity index (χ2n) is 4.84. The molecule has 0 aliphatic rings. The van der Waals surface area contributed by atoms with E-state index in [1.165, 1.54) is 0 Å². The third kappa shape index (κ3) is 2.50. The van der Waals surface area contributed by atoms with E-state index < -0.39 is 10.0 Å². The molecule has 0 aliphatic heterocycles. The molecule has 0 saturated carbocycles. The van der Waals surface area contributed by atoms with Crippen molar-refractivity contribution in [1.29, 1.82) is 0 Å². The van der Waals surface area contributed by atoms with Crippen molar-refractivity contribution < 1.29 is 8.42 Å². The van der Waals surface area contributed by atoms with Crippen LogP contribution in [-0.2, 0) is 17.1 Å². The van der Waals surface area contributed by atoms with E-state index >= 15 is 0 Å². The van der Waals surface area contributed by atoms with Crippen LogP contribution in [0.4, 0.5) is 5.69 Å². The first-order valence-corrected chi connectivity index (χ1v) is 7.97. The number of benzene rings is 2. The fourth-order valence-corrected chi connectivity index (χ4v) is 3.27. The summed E-state index contributed by atoms with van der Waals surface area (Å²) < 4.78 is 29.1. The van der Waals surface area contributed by atoms with Gasteiger partial charge >= 0.3 is 0 Å². The Morgan fingerprint density at radius 2 is 1.81 bits per heavy atom. The van der Waals surface area contributed by atoms with Gasteiger partial charge in [-0.25, -0.2) is 13.4 Å². The molecule has 6 heteroatoms. The summed E-state index contributed by atoms with van der Waals surface area (Å²) in [6.45, 7) is 1.91. The molecule has 0 saturated heterocycles. The Hall–Kier alpha value is -2.34. The van der Waals surface area contributed by atoms with Crippen LogP contribution in [0.25, 0.3) is 11.0 Å². The van der Waals surface area contributed by atoms with E-state index in [9.17, 15) is 8.42 Å². The highest BCUT2D eigenvalue weighted by atomic mass is 32.2. The van der Waals surface area contributed by atoms with Crippen LogP contribution in [0.5, 0.6) is 0 Å². The fourth-order valence-electron chi connectivity index (χ4n) is 2.20. The van der Waals surface area contributed by atoms with Crippen molar-refractivity contribution >= 4 is 26.7 Å². The summed E-state index contributed by atoms with van der Waals surface area (Å²) in [6, 6.07) is 13.6. The Morgan fingerprint density at radius 1 is 1.10 bits per heavy atom. The zero-order valence-electron chi connectivity index (χ0n) is 11.7. The molecule has 0 amide bonds. The quantitative estimate of drug-likeness (QED) is 0.809. The summed E-state index contributed by atoms with van der Waals surface area (Å²) in [6.07, 6.45) is 0. The van der Waals surface area contributed by atoms with E-state index in [1.807, 2.05) is 24.6 Å². The maximum Gasteiger partial charge on any atom is 0.261 e. The van der Waals surface area contributed by atoms with Gasteiger partial charge in [0, 0.05) is 7.05 Å². The molecule has 108 valence electrons. The van der Waals surface area contributed by atoms with Crippen molar-refractivity contribution in [3.05, 3.63) is 54.4 Å². The second-order valence-corrected chi connectivity index (χ2v) is 6.52. The number of nitrogens with zero attached hydrogens (tertiary/aromatic N) is 2. The third-order valence-electron chi connectivity index (χ3n) is 3.41. The highest BCUT2D eigenvalue weighted by molar-refractivity contribution is 7.92. The molecule has 2 aromatic carbocycles. The van der Waals surface area contributed by atoms with Crippen molar-refractivity contribution in [3.63, 3.8) is 0 Å². The summed E-state index contributed by atoms with van der Waals surface area (Å²) in [4.78, 5) is 4.64. The Kier molecular flexibility index (Phi) is 3.17. The number of aryl methyl sites for hydroxylation is 2. The van der Waals surface area contributed by atoms with Gasteiger partial charge in [0.25, 0.3) is 10.0 Å². The monoisotopic (exact) mass is 301 g/mol. The maximum absolute atomic E-state index is 12.3. The van der Waals surface area contributed by atoms with Crippen LogP contribution in [0.1, 0.15) is 5.82 Å². The highest BCUT2D eigenvalue weighted by Crippen LogP contribution is 2.21. The molecule has 0 spiro atoms.